The Morgan fingerprint density at radius 3 is 3.07 bits per heavy atom. The summed E-state index contributed by atoms with van der Waals surface area (Å²) in [6, 6.07) is 0.303. The second-order valence-electron chi connectivity index (χ2n) is 2.93. The number of nitrogens with zero attached hydrogens (tertiary/aromatic N) is 2. The molecular weight excluding hydrogens is 220 g/mol. The summed E-state index contributed by atoms with van der Waals surface area (Å²) in [5, 5.41) is 3.66. The third kappa shape index (κ3) is 3.23. The molecule has 0 aliphatic rings. The second kappa shape index (κ2) is 5.26. The Kier molecular flexibility index (Phi) is 4.28. The summed E-state index contributed by atoms with van der Waals surface area (Å²) in [6.07, 6.45) is 3.55. The van der Waals surface area contributed by atoms with Gasteiger partial charge in [0.15, 0.2) is 5.82 Å². The van der Waals surface area contributed by atoms with Gasteiger partial charge in [0.2, 0.25) is 5.95 Å². The van der Waals surface area contributed by atoms with E-state index >= 15 is 0 Å². The molecule has 0 aliphatic carbocycles. The number of halogens is 1. The minimum atomic E-state index is 0.230. The van der Waals surface area contributed by atoms with E-state index in [1.54, 1.807) is 11.8 Å². The van der Waals surface area contributed by atoms with Crippen LogP contribution in [0.2, 0.25) is 5.02 Å². The number of rotatable bonds is 4. The molecule has 1 atom stereocenters. The first-order valence-corrected chi connectivity index (χ1v) is 5.94. The van der Waals surface area contributed by atoms with Crippen LogP contribution >= 0.6 is 23.4 Å². The van der Waals surface area contributed by atoms with Crippen molar-refractivity contribution in [3.8, 4) is 0 Å². The Bertz CT molecular complexity index is 307. The molecule has 78 valence electrons. The molecule has 4 nitrogen and oxygen atoms in total. The van der Waals surface area contributed by atoms with Crippen molar-refractivity contribution in [2.75, 3.05) is 23.1 Å². The summed E-state index contributed by atoms with van der Waals surface area (Å²) in [7, 11) is 0. The Morgan fingerprint density at radius 1 is 1.71 bits per heavy atom. The molecule has 0 aromatic carbocycles. The Morgan fingerprint density at radius 2 is 2.43 bits per heavy atom. The van der Waals surface area contributed by atoms with Crippen molar-refractivity contribution >= 4 is 35.1 Å². The van der Waals surface area contributed by atoms with Crippen molar-refractivity contribution in [1.82, 2.24) is 9.97 Å². The van der Waals surface area contributed by atoms with Crippen LogP contribution in [0, 0.1) is 0 Å². The Labute approximate surface area is 92.6 Å². The number of anilines is 2. The van der Waals surface area contributed by atoms with Crippen molar-refractivity contribution in [3.63, 3.8) is 0 Å². The third-order valence-electron chi connectivity index (χ3n) is 1.56. The summed E-state index contributed by atoms with van der Waals surface area (Å²) in [6.45, 7) is 2.06. The molecule has 14 heavy (non-hydrogen) atoms. The molecule has 0 aliphatic heterocycles. The SMILES string of the molecule is CSCC(C)Nc1nc(N)ncc1Cl. The maximum Gasteiger partial charge on any atom is 0.222 e. The zero-order valence-electron chi connectivity index (χ0n) is 8.12. The number of thioether (sulfide) groups is 1. The second-order valence-corrected chi connectivity index (χ2v) is 4.24. The summed E-state index contributed by atoms with van der Waals surface area (Å²) < 4.78 is 0. The predicted molar refractivity (Wildman–Crippen MR) is 62.9 cm³/mol. The molecule has 0 saturated carbocycles. The standard InChI is InChI=1S/C8H13ClN4S/c1-5(4-14-2)12-7-6(9)3-11-8(10)13-7/h3,5H,4H2,1-2H3,(H3,10,11,12,13). The molecule has 1 heterocycles. The number of aromatic nitrogens is 2. The van der Waals surface area contributed by atoms with Crippen LogP contribution in [-0.2, 0) is 0 Å². The zero-order chi connectivity index (χ0) is 10.6. The van der Waals surface area contributed by atoms with E-state index in [-0.39, 0.29) is 5.95 Å². The molecule has 0 bridgehead atoms. The van der Waals surface area contributed by atoms with Crippen LogP contribution in [-0.4, -0.2) is 28.0 Å². The van der Waals surface area contributed by atoms with Crippen LogP contribution in [0.1, 0.15) is 6.92 Å². The van der Waals surface area contributed by atoms with Gasteiger partial charge in [-0.2, -0.15) is 16.7 Å². The van der Waals surface area contributed by atoms with Crippen molar-refractivity contribution in [2.45, 2.75) is 13.0 Å². The van der Waals surface area contributed by atoms with E-state index in [4.69, 9.17) is 17.3 Å². The molecule has 0 saturated heterocycles. The van der Waals surface area contributed by atoms with Crippen molar-refractivity contribution in [2.24, 2.45) is 0 Å². The quantitative estimate of drug-likeness (QED) is 0.830. The van der Waals surface area contributed by atoms with Gasteiger partial charge in [-0.15, -0.1) is 0 Å². The van der Waals surface area contributed by atoms with Crippen molar-refractivity contribution in [1.29, 1.82) is 0 Å². The Hall–Kier alpha value is -0.680. The van der Waals surface area contributed by atoms with Gasteiger partial charge in [-0.3, -0.25) is 0 Å². The van der Waals surface area contributed by atoms with Gasteiger partial charge in [-0.05, 0) is 13.2 Å². The monoisotopic (exact) mass is 232 g/mol. The molecular formula is C8H13ClN4S. The molecule has 0 spiro atoms. The van der Waals surface area contributed by atoms with Gasteiger partial charge >= 0.3 is 0 Å². The average Bonchev–Trinajstić information content (AvgIpc) is 2.12. The van der Waals surface area contributed by atoms with E-state index in [0.717, 1.165) is 5.75 Å². The highest BCUT2D eigenvalue weighted by atomic mass is 35.5. The lowest BCUT2D eigenvalue weighted by Crippen LogP contribution is -2.19. The summed E-state index contributed by atoms with van der Waals surface area (Å²) >= 11 is 7.65. The molecule has 6 heteroatoms. The van der Waals surface area contributed by atoms with Gasteiger partial charge < -0.3 is 11.1 Å². The molecule has 1 aromatic heterocycles. The highest BCUT2D eigenvalue weighted by Gasteiger charge is 2.06. The van der Waals surface area contributed by atoms with Crippen LogP contribution in [0.5, 0.6) is 0 Å². The number of nitrogens with one attached hydrogen (secondary N) is 1. The molecule has 0 amide bonds. The lowest BCUT2D eigenvalue weighted by molar-refractivity contribution is 0.901. The smallest absolute Gasteiger partial charge is 0.222 e. The van der Waals surface area contributed by atoms with Crippen LogP contribution in [0.4, 0.5) is 11.8 Å². The molecule has 1 rings (SSSR count). The summed E-state index contributed by atoms with van der Waals surface area (Å²) in [4.78, 5) is 7.79. The number of nitrogens with two attached hydrogens (primary N) is 1. The fourth-order valence-corrected chi connectivity index (χ4v) is 1.74. The number of hydrogen-bond acceptors (Lipinski definition) is 5. The fourth-order valence-electron chi connectivity index (χ4n) is 1.01. The van der Waals surface area contributed by atoms with Gasteiger partial charge in [0.05, 0.1) is 6.20 Å². The van der Waals surface area contributed by atoms with Gasteiger partial charge in [0.25, 0.3) is 0 Å². The van der Waals surface area contributed by atoms with Gasteiger partial charge in [-0.1, -0.05) is 11.6 Å². The van der Waals surface area contributed by atoms with E-state index in [9.17, 15) is 0 Å². The summed E-state index contributed by atoms with van der Waals surface area (Å²) in [5.41, 5.74) is 5.45. The van der Waals surface area contributed by atoms with E-state index in [1.165, 1.54) is 6.20 Å². The third-order valence-corrected chi connectivity index (χ3v) is 2.67. The molecule has 3 N–H and O–H groups in total. The lowest BCUT2D eigenvalue weighted by Gasteiger charge is -2.13. The maximum atomic E-state index is 5.89. The van der Waals surface area contributed by atoms with E-state index in [0.29, 0.717) is 16.9 Å². The predicted octanol–water partition coefficient (Wildman–Crippen LogP) is 1.88. The number of nitrogen functional groups attached to an aromatic ring is 1. The normalized spacial score (nSPS) is 12.5. The molecule has 1 aromatic rings. The molecule has 1 unspecified atom stereocenters. The topological polar surface area (TPSA) is 63.8 Å². The first-order valence-electron chi connectivity index (χ1n) is 4.17. The van der Waals surface area contributed by atoms with E-state index in [2.05, 4.69) is 22.2 Å². The average molecular weight is 233 g/mol. The minimum Gasteiger partial charge on any atom is -0.368 e. The Balaban J connectivity index is 2.70. The van der Waals surface area contributed by atoms with Gasteiger partial charge in [0.1, 0.15) is 5.02 Å². The van der Waals surface area contributed by atoms with Gasteiger partial charge in [-0.25, -0.2) is 4.98 Å². The highest BCUT2D eigenvalue weighted by Crippen LogP contribution is 2.19. The summed E-state index contributed by atoms with van der Waals surface area (Å²) in [5.74, 6) is 1.81. The van der Waals surface area contributed by atoms with E-state index < -0.39 is 0 Å². The van der Waals surface area contributed by atoms with E-state index in [1.807, 2.05) is 6.26 Å². The largest absolute Gasteiger partial charge is 0.368 e. The van der Waals surface area contributed by atoms with Crippen LogP contribution < -0.4 is 11.1 Å². The lowest BCUT2D eigenvalue weighted by atomic mass is 10.4. The highest BCUT2D eigenvalue weighted by molar-refractivity contribution is 7.98. The first-order chi connectivity index (χ1) is 6.63. The number of hydrogen-bond donors (Lipinski definition) is 2. The minimum absolute atomic E-state index is 0.230. The molecule has 0 radical (unpaired) electrons. The zero-order valence-corrected chi connectivity index (χ0v) is 9.69. The first kappa shape index (κ1) is 11.4. The molecule has 0 fully saturated rings. The van der Waals surface area contributed by atoms with Crippen molar-refractivity contribution < 1.29 is 0 Å². The maximum absolute atomic E-state index is 5.89. The van der Waals surface area contributed by atoms with Crippen LogP contribution in [0.25, 0.3) is 0 Å². The van der Waals surface area contributed by atoms with Crippen LogP contribution in [0.15, 0.2) is 6.20 Å². The van der Waals surface area contributed by atoms with Crippen LogP contribution in [0.3, 0.4) is 0 Å². The van der Waals surface area contributed by atoms with Crippen molar-refractivity contribution in [3.05, 3.63) is 11.2 Å². The van der Waals surface area contributed by atoms with Gasteiger partial charge in [0, 0.05) is 11.8 Å². The fraction of sp³-hybridized carbons (Fsp3) is 0.500.